The Kier molecular flexibility index (Phi) is 6.64. The summed E-state index contributed by atoms with van der Waals surface area (Å²) in [6, 6.07) is 16.1. The van der Waals surface area contributed by atoms with Crippen LogP contribution in [0.3, 0.4) is 0 Å². The average molecular weight is 500 g/mol. The summed E-state index contributed by atoms with van der Waals surface area (Å²) >= 11 is 0. The van der Waals surface area contributed by atoms with Crippen molar-refractivity contribution in [2.24, 2.45) is 0 Å². The first-order valence-corrected chi connectivity index (χ1v) is 11.7. The number of carbonyl (C=O) groups is 1. The third kappa shape index (κ3) is 4.91. The quantitative estimate of drug-likeness (QED) is 0.407. The van der Waals surface area contributed by atoms with Crippen LogP contribution in [0, 0.1) is 11.6 Å². The lowest BCUT2D eigenvalue weighted by Crippen LogP contribution is -2.32. The number of benzene rings is 2. The van der Waals surface area contributed by atoms with Crippen LogP contribution in [0.25, 0.3) is 5.57 Å². The molecule has 0 unspecified atom stereocenters. The highest BCUT2D eigenvalue weighted by atomic mass is 19.2. The summed E-state index contributed by atoms with van der Waals surface area (Å²) in [6.45, 7) is 0.138. The van der Waals surface area contributed by atoms with Gasteiger partial charge in [-0.15, -0.1) is 0 Å². The second kappa shape index (κ2) is 10.2. The third-order valence-corrected chi connectivity index (χ3v) is 6.31. The Morgan fingerprint density at radius 1 is 1.08 bits per heavy atom. The topological polar surface area (TPSA) is 73.2 Å². The van der Waals surface area contributed by atoms with Gasteiger partial charge in [-0.2, -0.15) is 0 Å². The molecule has 2 aromatic heterocycles. The molecule has 0 fully saturated rings. The van der Waals surface area contributed by atoms with Crippen LogP contribution in [-0.4, -0.2) is 22.6 Å². The van der Waals surface area contributed by atoms with Gasteiger partial charge in [-0.1, -0.05) is 24.3 Å². The van der Waals surface area contributed by atoms with E-state index < -0.39 is 23.1 Å². The fraction of sp³-hybridized carbons (Fsp3) is 0.138. The van der Waals surface area contributed by atoms with E-state index in [-0.39, 0.29) is 18.7 Å². The molecule has 0 saturated carbocycles. The Morgan fingerprint density at radius 2 is 1.95 bits per heavy atom. The van der Waals surface area contributed by atoms with Gasteiger partial charge in [0.1, 0.15) is 11.3 Å². The van der Waals surface area contributed by atoms with E-state index in [4.69, 9.17) is 4.74 Å². The van der Waals surface area contributed by atoms with Gasteiger partial charge in [0.05, 0.1) is 19.3 Å². The maximum atomic E-state index is 13.6. The van der Waals surface area contributed by atoms with Gasteiger partial charge in [-0.25, -0.2) is 8.78 Å². The molecular weight excluding hydrogens is 476 g/mol. The number of hydrogen-bond donors (Lipinski definition) is 1. The number of fused-ring (bicyclic) bond motifs is 1. The molecule has 2 heterocycles. The molecule has 1 amide bonds. The minimum atomic E-state index is -0.997. The highest BCUT2D eigenvalue weighted by Crippen LogP contribution is 2.33. The Bertz CT molecular complexity index is 1590. The average Bonchev–Trinajstić information content (AvgIpc) is 3.34. The van der Waals surface area contributed by atoms with E-state index in [9.17, 15) is 18.4 Å². The fourth-order valence-electron chi connectivity index (χ4n) is 4.45. The predicted octanol–water partition coefficient (Wildman–Crippen LogP) is 4.50. The normalized spacial score (nSPS) is 12.1. The van der Waals surface area contributed by atoms with Crippen LogP contribution in [0.15, 0.2) is 83.9 Å². The number of amides is 1. The zero-order valence-corrected chi connectivity index (χ0v) is 20.0. The van der Waals surface area contributed by atoms with Crippen LogP contribution >= 0.6 is 0 Å². The Morgan fingerprint density at radius 3 is 2.76 bits per heavy atom. The van der Waals surface area contributed by atoms with Crippen molar-refractivity contribution in [3.05, 3.63) is 135 Å². The highest BCUT2D eigenvalue weighted by Gasteiger charge is 2.18. The molecule has 0 saturated heterocycles. The number of methoxy groups -OCH3 is 1. The fourth-order valence-corrected chi connectivity index (χ4v) is 4.45. The van der Waals surface area contributed by atoms with Crippen LogP contribution < -0.4 is 15.6 Å². The molecule has 0 radical (unpaired) electrons. The first kappa shape index (κ1) is 24.1. The van der Waals surface area contributed by atoms with Crippen LogP contribution in [0.5, 0.6) is 5.75 Å². The second-order valence-electron chi connectivity index (χ2n) is 8.63. The number of rotatable bonds is 7. The van der Waals surface area contributed by atoms with Gasteiger partial charge in [-0.05, 0) is 59.2 Å². The number of ether oxygens (including phenoxy) is 1. The van der Waals surface area contributed by atoms with Gasteiger partial charge in [0, 0.05) is 36.5 Å². The molecule has 5 rings (SSSR count). The zero-order valence-electron chi connectivity index (χ0n) is 20.0. The van der Waals surface area contributed by atoms with Crippen molar-refractivity contribution in [3.63, 3.8) is 0 Å². The zero-order chi connectivity index (χ0) is 25.9. The van der Waals surface area contributed by atoms with E-state index in [0.717, 1.165) is 46.5 Å². The van der Waals surface area contributed by atoms with Crippen LogP contribution in [0.4, 0.5) is 8.78 Å². The second-order valence-corrected chi connectivity index (χ2v) is 8.63. The molecule has 0 aliphatic heterocycles. The molecule has 0 spiro atoms. The SMILES string of the molecule is COc1ccc(C2=CCc3ncccc32)cc1CNC(=O)c1cccn(Cc2ccc(F)c(F)c2)c1=O. The summed E-state index contributed by atoms with van der Waals surface area (Å²) in [4.78, 5) is 30.3. The molecule has 6 nitrogen and oxygen atoms in total. The van der Waals surface area contributed by atoms with Gasteiger partial charge < -0.3 is 14.6 Å². The number of halogens is 2. The molecule has 4 aromatic rings. The van der Waals surface area contributed by atoms with E-state index in [1.165, 1.54) is 22.9 Å². The Labute approximate surface area is 211 Å². The number of nitrogens with one attached hydrogen (secondary N) is 1. The molecular formula is C29H23F2N3O3. The van der Waals surface area contributed by atoms with E-state index in [2.05, 4.69) is 16.4 Å². The number of pyridine rings is 2. The summed E-state index contributed by atoms with van der Waals surface area (Å²) in [6.07, 6.45) is 6.16. The van der Waals surface area contributed by atoms with E-state index in [0.29, 0.717) is 11.3 Å². The maximum Gasteiger partial charge on any atom is 0.263 e. The number of hydrogen-bond acceptors (Lipinski definition) is 4. The lowest BCUT2D eigenvalue weighted by atomic mass is 9.98. The van der Waals surface area contributed by atoms with E-state index in [1.807, 2.05) is 30.3 Å². The molecule has 186 valence electrons. The summed E-state index contributed by atoms with van der Waals surface area (Å²) in [5.74, 6) is -1.90. The van der Waals surface area contributed by atoms with Gasteiger partial charge >= 0.3 is 0 Å². The van der Waals surface area contributed by atoms with Crippen LogP contribution in [-0.2, 0) is 19.5 Å². The van der Waals surface area contributed by atoms with Crippen molar-refractivity contribution in [2.75, 3.05) is 7.11 Å². The van der Waals surface area contributed by atoms with Crippen LogP contribution in [0.2, 0.25) is 0 Å². The lowest BCUT2D eigenvalue weighted by Gasteiger charge is -2.14. The molecule has 8 heteroatoms. The molecule has 1 aliphatic rings. The number of aromatic nitrogens is 2. The third-order valence-electron chi connectivity index (χ3n) is 6.31. The summed E-state index contributed by atoms with van der Waals surface area (Å²) < 4.78 is 33.6. The first-order chi connectivity index (χ1) is 17.9. The van der Waals surface area contributed by atoms with Gasteiger partial charge in [0.15, 0.2) is 11.6 Å². The van der Waals surface area contributed by atoms with Crippen molar-refractivity contribution in [2.45, 2.75) is 19.5 Å². The summed E-state index contributed by atoms with van der Waals surface area (Å²) in [5.41, 5.74) is 4.71. The van der Waals surface area contributed by atoms with Crippen molar-refractivity contribution < 1.29 is 18.3 Å². The first-order valence-electron chi connectivity index (χ1n) is 11.7. The van der Waals surface area contributed by atoms with Crippen molar-refractivity contribution in [1.82, 2.24) is 14.9 Å². The van der Waals surface area contributed by atoms with Gasteiger partial charge in [0.2, 0.25) is 0 Å². The molecule has 0 atom stereocenters. The molecule has 2 aromatic carbocycles. The smallest absolute Gasteiger partial charge is 0.263 e. The number of allylic oxidation sites excluding steroid dienone is 1. The molecule has 1 N–H and O–H groups in total. The minimum absolute atomic E-state index is 0.00152. The Hall–Kier alpha value is -4.59. The molecule has 1 aliphatic carbocycles. The maximum absolute atomic E-state index is 13.6. The van der Waals surface area contributed by atoms with Crippen LogP contribution in [0.1, 0.15) is 38.3 Å². The molecule has 37 heavy (non-hydrogen) atoms. The van der Waals surface area contributed by atoms with Crippen molar-refractivity contribution in [1.29, 1.82) is 0 Å². The number of nitrogens with zero attached hydrogens (tertiary/aromatic N) is 2. The van der Waals surface area contributed by atoms with Gasteiger partial charge in [-0.3, -0.25) is 14.6 Å². The predicted molar refractivity (Wildman–Crippen MR) is 135 cm³/mol. The summed E-state index contributed by atoms with van der Waals surface area (Å²) in [7, 11) is 1.56. The lowest BCUT2D eigenvalue weighted by molar-refractivity contribution is 0.0948. The summed E-state index contributed by atoms with van der Waals surface area (Å²) in [5, 5.41) is 2.80. The van der Waals surface area contributed by atoms with Crippen molar-refractivity contribution >= 4 is 11.5 Å². The standard InChI is InChI=1S/C29H23F2N3O3/c1-37-27-11-7-19(21-8-10-26-22(21)4-2-12-32-26)15-20(27)16-33-28(35)23-5-3-13-34(29(23)36)17-18-6-9-24(30)25(31)14-18/h2-9,11-15H,10,16-17H2,1H3,(H,33,35). The highest BCUT2D eigenvalue weighted by molar-refractivity contribution is 5.93. The largest absolute Gasteiger partial charge is 0.496 e. The van der Waals surface area contributed by atoms with E-state index in [1.54, 1.807) is 19.4 Å². The van der Waals surface area contributed by atoms with E-state index >= 15 is 0 Å². The van der Waals surface area contributed by atoms with Crippen molar-refractivity contribution in [3.8, 4) is 5.75 Å². The van der Waals surface area contributed by atoms with Gasteiger partial charge in [0.25, 0.3) is 11.5 Å². The molecule has 0 bridgehead atoms. The minimum Gasteiger partial charge on any atom is -0.496 e. The number of carbonyl (C=O) groups excluding carboxylic acids is 1. The Balaban J connectivity index is 1.35. The monoisotopic (exact) mass is 499 g/mol.